The third-order valence-corrected chi connectivity index (χ3v) is 7.28. The lowest BCUT2D eigenvalue weighted by atomic mass is 9.75. The summed E-state index contributed by atoms with van der Waals surface area (Å²) >= 11 is 5.68. The molecule has 0 amide bonds. The number of hydrogen-bond acceptors (Lipinski definition) is 2. The Kier molecular flexibility index (Phi) is 5.34. The lowest BCUT2D eigenvalue weighted by molar-refractivity contribution is 0.268. The molecule has 2 saturated carbocycles. The van der Waals surface area contributed by atoms with Crippen LogP contribution in [0.3, 0.4) is 0 Å². The molecule has 2 fully saturated rings. The summed E-state index contributed by atoms with van der Waals surface area (Å²) < 4.78 is 1.74. The molecule has 0 aliphatic heterocycles. The smallest absolute Gasteiger partial charge is 0.0281 e. The molecule has 0 saturated heterocycles. The fraction of sp³-hybridized carbons (Fsp3) is 0.667. The Morgan fingerprint density at radius 1 is 1.24 bits per heavy atom. The van der Waals surface area contributed by atoms with Crippen LogP contribution in [-0.2, 0) is 0 Å². The van der Waals surface area contributed by atoms with Gasteiger partial charge in [0.25, 0.3) is 0 Å². The molecule has 1 aromatic rings. The fourth-order valence-corrected chi connectivity index (χ4v) is 5.14. The minimum Gasteiger partial charge on any atom is -0.313 e. The van der Waals surface area contributed by atoms with E-state index in [1.165, 1.54) is 61.5 Å². The molecule has 21 heavy (non-hydrogen) atoms. The zero-order chi connectivity index (χ0) is 14.7. The monoisotopic (exact) mass is 367 g/mol. The fourth-order valence-electron chi connectivity index (χ4n) is 3.80. The van der Waals surface area contributed by atoms with Gasteiger partial charge in [-0.15, -0.1) is 0 Å². The maximum Gasteiger partial charge on any atom is 0.0281 e. The number of nitrogens with one attached hydrogen (secondary N) is 1. The average molecular weight is 368 g/mol. The molecule has 0 radical (unpaired) electrons. The summed E-state index contributed by atoms with van der Waals surface area (Å²) in [6.45, 7) is 1.21. The highest BCUT2D eigenvalue weighted by atomic mass is 79.9. The van der Waals surface area contributed by atoms with Crippen LogP contribution in [0.5, 0.6) is 0 Å². The number of thioether (sulfide) groups is 1. The third-order valence-electron chi connectivity index (χ3n) is 5.37. The van der Waals surface area contributed by atoms with Crippen molar-refractivity contribution in [2.24, 2.45) is 0 Å². The van der Waals surface area contributed by atoms with Crippen LogP contribution in [-0.4, -0.2) is 23.6 Å². The van der Waals surface area contributed by atoms with E-state index in [9.17, 15) is 0 Å². The van der Waals surface area contributed by atoms with Crippen molar-refractivity contribution < 1.29 is 0 Å². The maximum absolute atomic E-state index is 3.86. The van der Waals surface area contributed by atoms with Crippen molar-refractivity contribution in [3.05, 3.63) is 34.3 Å². The van der Waals surface area contributed by atoms with Crippen LogP contribution in [0.1, 0.15) is 56.4 Å². The summed E-state index contributed by atoms with van der Waals surface area (Å²) in [5.74, 6) is 0.761. The highest BCUT2D eigenvalue weighted by molar-refractivity contribution is 9.10. The van der Waals surface area contributed by atoms with E-state index >= 15 is 0 Å². The first-order chi connectivity index (χ1) is 10.2. The number of hydrogen-bond donors (Lipinski definition) is 1. The van der Waals surface area contributed by atoms with Gasteiger partial charge < -0.3 is 5.32 Å². The standard InChI is InChI=1S/C18H26BrNS/c1-21-18(8-3-2-4-9-18)13-20-17-11-15(12-17)14-6-5-7-16(19)10-14/h5-7,10,15,17,20H,2-4,8-9,11-13H2,1H3. The Hall–Kier alpha value is 0.01000. The van der Waals surface area contributed by atoms with Gasteiger partial charge in [-0.2, -0.15) is 11.8 Å². The van der Waals surface area contributed by atoms with E-state index in [1.807, 2.05) is 0 Å². The second kappa shape index (κ2) is 7.06. The summed E-state index contributed by atoms with van der Waals surface area (Å²) in [6.07, 6.45) is 12.0. The highest BCUT2D eigenvalue weighted by Gasteiger charge is 2.35. The van der Waals surface area contributed by atoms with Crippen molar-refractivity contribution in [2.75, 3.05) is 12.8 Å². The average Bonchev–Trinajstić information content (AvgIpc) is 2.47. The Bertz CT molecular complexity index is 464. The summed E-state index contributed by atoms with van der Waals surface area (Å²) in [7, 11) is 0. The quantitative estimate of drug-likeness (QED) is 0.752. The van der Waals surface area contributed by atoms with E-state index in [1.54, 1.807) is 0 Å². The van der Waals surface area contributed by atoms with Crippen molar-refractivity contribution in [3.8, 4) is 0 Å². The Morgan fingerprint density at radius 3 is 2.67 bits per heavy atom. The lowest BCUT2D eigenvalue weighted by Crippen LogP contribution is -2.47. The largest absolute Gasteiger partial charge is 0.313 e. The van der Waals surface area contributed by atoms with Gasteiger partial charge in [0.15, 0.2) is 0 Å². The minimum absolute atomic E-state index is 0.527. The van der Waals surface area contributed by atoms with E-state index < -0.39 is 0 Å². The van der Waals surface area contributed by atoms with Gasteiger partial charge in [0.1, 0.15) is 0 Å². The van der Waals surface area contributed by atoms with Crippen molar-refractivity contribution in [2.45, 2.75) is 61.7 Å². The summed E-state index contributed by atoms with van der Waals surface area (Å²) in [5, 5.41) is 3.86. The molecular weight excluding hydrogens is 342 g/mol. The van der Waals surface area contributed by atoms with Crippen LogP contribution >= 0.6 is 27.7 Å². The molecule has 1 nitrogen and oxygen atoms in total. The molecule has 0 bridgehead atoms. The molecule has 1 aromatic carbocycles. The SMILES string of the molecule is CSC1(CNC2CC(c3cccc(Br)c3)C2)CCCCC1. The number of halogens is 1. The zero-order valence-electron chi connectivity index (χ0n) is 12.9. The summed E-state index contributed by atoms with van der Waals surface area (Å²) in [5.41, 5.74) is 1.50. The predicted octanol–water partition coefficient (Wildman–Crippen LogP) is 5.35. The molecule has 1 N–H and O–H groups in total. The molecule has 2 aliphatic rings. The van der Waals surface area contributed by atoms with Crippen LogP contribution in [0.2, 0.25) is 0 Å². The van der Waals surface area contributed by atoms with Crippen LogP contribution in [0.4, 0.5) is 0 Å². The first kappa shape index (κ1) is 15.9. The molecule has 0 heterocycles. The number of benzene rings is 1. The second-order valence-corrected chi connectivity index (χ2v) is 8.94. The summed E-state index contributed by atoms with van der Waals surface area (Å²) in [4.78, 5) is 0. The van der Waals surface area contributed by atoms with Gasteiger partial charge in [-0.25, -0.2) is 0 Å². The molecule has 0 atom stereocenters. The first-order valence-corrected chi connectivity index (χ1v) is 10.3. The molecular formula is C18H26BrNS. The van der Waals surface area contributed by atoms with Crippen LogP contribution in [0.25, 0.3) is 0 Å². The van der Waals surface area contributed by atoms with Crippen LogP contribution in [0.15, 0.2) is 28.7 Å². The van der Waals surface area contributed by atoms with Gasteiger partial charge in [-0.05, 0) is 55.6 Å². The van der Waals surface area contributed by atoms with E-state index in [0.29, 0.717) is 4.75 Å². The molecule has 0 spiro atoms. The van der Waals surface area contributed by atoms with Crippen LogP contribution in [0, 0.1) is 0 Å². The first-order valence-electron chi connectivity index (χ1n) is 8.25. The van der Waals surface area contributed by atoms with Crippen molar-refractivity contribution in [1.82, 2.24) is 5.32 Å². The molecule has 0 aromatic heterocycles. The van der Waals surface area contributed by atoms with Crippen molar-refractivity contribution in [3.63, 3.8) is 0 Å². The topological polar surface area (TPSA) is 12.0 Å². The van der Waals surface area contributed by atoms with Gasteiger partial charge in [0.05, 0.1) is 0 Å². The van der Waals surface area contributed by atoms with Crippen molar-refractivity contribution >= 4 is 27.7 Å². The van der Waals surface area contributed by atoms with Gasteiger partial charge in [-0.3, -0.25) is 0 Å². The highest BCUT2D eigenvalue weighted by Crippen LogP contribution is 2.41. The van der Waals surface area contributed by atoms with Crippen molar-refractivity contribution in [1.29, 1.82) is 0 Å². The molecule has 3 heteroatoms. The molecule has 0 unspecified atom stereocenters. The van der Waals surface area contributed by atoms with Gasteiger partial charge >= 0.3 is 0 Å². The van der Waals surface area contributed by atoms with E-state index in [-0.39, 0.29) is 0 Å². The van der Waals surface area contributed by atoms with E-state index in [2.05, 4.69) is 63.5 Å². The van der Waals surface area contributed by atoms with Gasteiger partial charge in [-0.1, -0.05) is 47.3 Å². The second-order valence-electron chi connectivity index (χ2n) is 6.75. The normalized spacial score (nSPS) is 28.1. The Labute approximate surface area is 141 Å². The van der Waals surface area contributed by atoms with Gasteiger partial charge in [0.2, 0.25) is 0 Å². The number of rotatable bonds is 5. The van der Waals surface area contributed by atoms with Crippen LogP contribution < -0.4 is 5.32 Å². The van der Waals surface area contributed by atoms with E-state index in [0.717, 1.165) is 12.0 Å². The minimum atomic E-state index is 0.527. The third kappa shape index (κ3) is 3.86. The lowest BCUT2D eigenvalue weighted by Gasteiger charge is -2.41. The van der Waals surface area contributed by atoms with E-state index in [4.69, 9.17) is 0 Å². The predicted molar refractivity (Wildman–Crippen MR) is 97.2 cm³/mol. The Morgan fingerprint density at radius 2 is 2.00 bits per heavy atom. The molecule has 116 valence electrons. The molecule has 3 rings (SSSR count). The maximum atomic E-state index is 3.86. The Balaban J connectivity index is 1.46. The zero-order valence-corrected chi connectivity index (χ0v) is 15.3. The summed E-state index contributed by atoms with van der Waals surface area (Å²) in [6, 6.07) is 9.57. The van der Waals surface area contributed by atoms with Gasteiger partial charge in [0, 0.05) is 21.8 Å². The molecule has 2 aliphatic carbocycles.